The molecule has 0 amide bonds. The van der Waals surface area contributed by atoms with Gasteiger partial charge in [-0.3, -0.25) is 0 Å². The summed E-state index contributed by atoms with van der Waals surface area (Å²) in [4.78, 5) is -0.838. The van der Waals surface area contributed by atoms with E-state index in [4.69, 9.17) is 4.74 Å². The van der Waals surface area contributed by atoms with E-state index in [2.05, 4.69) is 5.32 Å². The van der Waals surface area contributed by atoms with E-state index in [0.29, 0.717) is 6.54 Å². The first-order chi connectivity index (χ1) is 9.73. The van der Waals surface area contributed by atoms with Gasteiger partial charge < -0.3 is 10.1 Å². The number of alkyl halides is 3. The molecule has 1 aromatic rings. The van der Waals surface area contributed by atoms with Gasteiger partial charge in [-0.2, -0.15) is 13.2 Å². The van der Waals surface area contributed by atoms with E-state index >= 15 is 0 Å². The van der Waals surface area contributed by atoms with Crippen LogP contribution in [0.3, 0.4) is 0 Å². The number of sulfone groups is 1. The van der Waals surface area contributed by atoms with E-state index in [-0.39, 0.29) is 17.8 Å². The summed E-state index contributed by atoms with van der Waals surface area (Å²) in [6.45, 7) is 3.21. The van der Waals surface area contributed by atoms with Gasteiger partial charge in [-0.1, -0.05) is 19.1 Å². The van der Waals surface area contributed by atoms with E-state index in [0.717, 1.165) is 19.0 Å². The van der Waals surface area contributed by atoms with Crippen LogP contribution >= 0.6 is 0 Å². The zero-order chi connectivity index (χ0) is 15.7. The Morgan fingerprint density at radius 2 is 1.95 bits per heavy atom. The molecule has 1 aliphatic rings. The summed E-state index contributed by atoms with van der Waals surface area (Å²) < 4.78 is 66.8. The van der Waals surface area contributed by atoms with Crippen molar-refractivity contribution in [2.24, 2.45) is 5.92 Å². The lowest BCUT2D eigenvalue weighted by atomic mass is 9.97. The van der Waals surface area contributed by atoms with Crippen LogP contribution in [-0.2, 0) is 9.84 Å². The number of benzene rings is 1. The minimum Gasteiger partial charge on any atom is -0.487 e. The van der Waals surface area contributed by atoms with E-state index in [1.54, 1.807) is 0 Å². The van der Waals surface area contributed by atoms with Crippen molar-refractivity contribution in [2.75, 3.05) is 13.1 Å². The third kappa shape index (κ3) is 3.32. The fourth-order valence-electron chi connectivity index (χ4n) is 2.18. The Kier molecular flexibility index (Phi) is 4.48. The fraction of sp³-hybridized carbons (Fsp3) is 0.538. The van der Waals surface area contributed by atoms with Gasteiger partial charge in [0.1, 0.15) is 16.7 Å². The van der Waals surface area contributed by atoms with Gasteiger partial charge in [-0.25, -0.2) is 8.42 Å². The number of halogens is 3. The molecule has 8 heteroatoms. The predicted octanol–water partition coefficient (Wildman–Crippen LogP) is 2.36. The van der Waals surface area contributed by atoms with Gasteiger partial charge in [-0.15, -0.1) is 0 Å². The van der Waals surface area contributed by atoms with Crippen molar-refractivity contribution >= 4 is 9.84 Å². The maximum Gasteiger partial charge on any atom is 0.502 e. The maximum atomic E-state index is 12.7. The molecule has 1 aromatic carbocycles. The van der Waals surface area contributed by atoms with Crippen molar-refractivity contribution in [3.63, 3.8) is 0 Å². The summed E-state index contributed by atoms with van der Waals surface area (Å²) in [7, 11) is -5.42. The second kappa shape index (κ2) is 5.84. The number of hydrogen-bond acceptors (Lipinski definition) is 4. The Hall–Kier alpha value is -1.28. The normalized spacial score (nSPS) is 23.8. The average Bonchev–Trinajstić information content (AvgIpc) is 2.40. The summed E-state index contributed by atoms with van der Waals surface area (Å²) in [6.07, 6.45) is 0.460. The standard InChI is InChI=1S/C13H16F3NO3S/c1-9-6-7-17-8-11(9)20-10-4-2-3-5-12(10)21(18,19)13(14,15)16/h2-5,9,11,17H,6-8H2,1H3. The Labute approximate surface area is 121 Å². The third-order valence-electron chi connectivity index (χ3n) is 3.48. The first-order valence-electron chi connectivity index (χ1n) is 6.51. The SMILES string of the molecule is CC1CCNCC1Oc1ccccc1S(=O)(=O)C(F)(F)F. The van der Waals surface area contributed by atoms with Crippen molar-refractivity contribution in [3.8, 4) is 5.75 Å². The van der Waals surface area contributed by atoms with Gasteiger partial charge in [0.25, 0.3) is 9.84 Å². The van der Waals surface area contributed by atoms with Crippen LogP contribution in [-0.4, -0.2) is 33.1 Å². The van der Waals surface area contributed by atoms with Crippen LogP contribution in [0.2, 0.25) is 0 Å². The van der Waals surface area contributed by atoms with Gasteiger partial charge in [0, 0.05) is 6.54 Å². The number of rotatable bonds is 3. The largest absolute Gasteiger partial charge is 0.502 e. The molecule has 1 aliphatic heterocycles. The number of nitrogens with one attached hydrogen (secondary N) is 1. The Morgan fingerprint density at radius 1 is 1.29 bits per heavy atom. The molecule has 0 bridgehead atoms. The van der Waals surface area contributed by atoms with Crippen molar-refractivity contribution in [2.45, 2.75) is 29.9 Å². The summed E-state index contributed by atoms with van der Waals surface area (Å²) in [5.74, 6) is -0.122. The molecule has 2 unspecified atom stereocenters. The molecule has 0 radical (unpaired) electrons. The number of hydrogen-bond donors (Lipinski definition) is 1. The van der Waals surface area contributed by atoms with Crippen molar-refractivity contribution < 1.29 is 26.3 Å². The lowest BCUT2D eigenvalue weighted by Gasteiger charge is -2.30. The molecule has 0 aromatic heterocycles. The zero-order valence-corrected chi connectivity index (χ0v) is 12.2. The molecule has 0 aliphatic carbocycles. The number of piperidine rings is 1. The van der Waals surface area contributed by atoms with Crippen molar-refractivity contribution in [3.05, 3.63) is 24.3 Å². The molecule has 0 spiro atoms. The van der Waals surface area contributed by atoms with Crippen LogP contribution in [0.15, 0.2) is 29.2 Å². The molecular weight excluding hydrogens is 307 g/mol. The highest BCUT2D eigenvalue weighted by atomic mass is 32.2. The molecule has 0 saturated carbocycles. The van der Waals surface area contributed by atoms with E-state index < -0.39 is 20.2 Å². The first kappa shape index (κ1) is 16.1. The van der Waals surface area contributed by atoms with Crippen molar-refractivity contribution in [1.29, 1.82) is 0 Å². The molecule has 2 atom stereocenters. The Bertz CT molecular complexity index is 601. The van der Waals surface area contributed by atoms with E-state index in [1.165, 1.54) is 18.2 Å². The van der Waals surface area contributed by atoms with Gasteiger partial charge >= 0.3 is 5.51 Å². The molecule has 1 heterocycles. The highest BCUT2D eigenvalue weighted by Crippen LogP contribution is 2.36. The summed E-state index contributed by atoms with van der Waals surface area (Å²) in [5.41, 5.74) is -5.34. The van der Waals surface area contributed by atoms with E-state index in [9.17, 15) is 21.6 Å². The molecule has 1 N–H and O–H groups in total. The minimum absolute atomic E-state index is 0.132. The monoisotopic (exact) mass is 323 g/mol. The van der Waals surface area contributed by atoms with Gasteiger partial charge in [0.2, 0.25) is 0 Å². The Morgan fingerprint density at radius 3 is 2.57 bits per heavy atom. The number of ether oxygens (including phenoxy) is 1. The molecule has 1 saturated heterocycles. The second-order valence-corrected chi connectivity index (χ2v) is 6.93. The van der Waals surface area contributed by atoms with Crippen LogP contribution in [0, 0.1) is 5.92 Å². The van der Waals surface area contributed by atoms with Gasteiger partial charge in [0.05, 0.1) is 0 Å². The fourth-order valence-corrected chi connectivity index (χ4v) is 3.06. The summed E-state index contributed by atoms with van der Waals surface area (Å²) >= 11 is 0. The van der Waals surface area contributed by atoms with Crippen LogP contribution in [0.25, 0.3) is 0 Å². The molecule has 4 nitrogen and oxygen atoms in total. The lowest BCUT2D eigenvalue weighted by molar-refractivity contribution is -0.0438. The number of para-hydroxylation sites is 1. The minimum atomic E-state index is -5.42. The van der Waals surface area contributed by atoms with Gasteiger partial charge in [0.15, 0.2) is 0 Å². The smallest absolute Gasteiger partial charge is 0.487 e. The topological polar surface area (TPSA) is 55.4 Å². The maximum absolute atomic E-state index is 12.7. The lowest BCUT2D eigenvalue weighted by Crippen LogP contribution is -2.43. The molecule has 21 heavy (non-hydrogen) atoms. The average molecular weight is 323 g/mol. The highest BCUT2D eigenvalue weighted by molar-refractivity contribution is 7.92. The molecule has 2 rings (SSSR count). The molecule has 118 valence electrons. The van der Waals surface area contributed by atoms with Crippen LogP contribution < -0.4 is 10.1 Å². The van der Waals surface area contributed by atoms with Crippen LogP contribution in [0.5, 0.6) is 5.75 Å². The molecular formula is C13H16F3NO3S. The summed E-state index contributed by atoms with van der Waals surface area (Å²) in [5, 5.41) is 3.08. The highest BCUT2D eigenvalue weighted by Gasteiger charge is 2.48. The third-order valence-corrected chi connectivity index (χ3v) is 5.00. The predicted molar refractivity (Wildman–Crippen MR) is 70.7 cm³/mol. The zero-order valence-electron chi connectivity index (χ0n) is 11.4. The van der Waals surface area contributed by atoms with Gasteiger partial charge in [-0.05, 0) is 31.0 Å². The first-order valence-corrected chi connectivity index (χ1v) is 7.99. The van der Waals surface area contributed by atoms with Crippen LogP contribution in [0.1, 0.15) is 13.3 Å². The second-order valence-electron chi connectivity index (χ2n) is 5.02. The van der Waals surface area contributed by atoms with E-state index in [1.807, 2.05) is 6.92 Å². The molecule has 1 fully saturated rings. The quantitative estimate of drug-likeness (QED) is 0.928. The summed E-state index contributed by atoms with van der Waals surface area (Å²) in [6, 6.07) is 4.86. The Balaban J connectivity index is 2.34. The van der Waals surface area contributed by atoms with Crippen LogP contribution in [0.4, 0.5) is 13.2 Å². The van der Waals surface area contributed by atoms with Crippen molar-refractivity contribution in [1.82, 2.24) is 5.32 Å².